The molecule has 2 heterocycles. The average Bonchev–Trinajstić information content (AvgIpc) is 3.28. The summed E-state index contributed by atoms with van der Waals surface area (Å²) in [6.07, 6.45) is -0.0893. The number of ketones is 1. The van der Waals surface area contributed by atoms with E-state index in [1.807, 2.05) is 24.3 Å². The fraction of sp³-hybridized carbons (Fsp3) is 0.0500. The van der Waals surface area contributed by atoms with Crippen LogP contribution in [0.4, 0.5) is 4.39 Å². The number of Topliss-reactive ketones (excluding diaryl/α,β-unsaturated/α-hetero) is 1. The third-order valence-corrected chi connectivity index (χ3v) is 6.61. The molecular formula is C20H11ClFNO3S2. The third kappa shape index (κ3) is 3.44. The Labute approximate surface area is 171 Å². The molecule has 8 heteroatoms. The highest BCUT2D eigenvalue weighted by Gasteiger charge is 2.23. The Morgan fingerprint density at radius 2 is 1.96 bits per heavy atom. The number of carboxylic acids is 1. The number of carbonyl (C=O) groups excluding carboxylic acids is 1. The van der Waals surface area contributed by atoms with Crippen LogP contribution in [-0.2, 0) is 6.42 Å². The number of fused-ring (bicyclic) bond motifs is 1. The van der Waals surface area contributed by atoms with Gasteiger partial charge in [-0.25, -0.2) is 14.2 Å². The first kappa shape index (κ1) is 18.7. The molecular weight excluding hydrogens is 421 g/mol. The maximum absolute atomic E-state index is 13.8. The first-order valence-electron chi connectivity index (χ1n) is 8.12. The summed E-state index contributed by atoms with van der Waals surface area (Å²) in [6.45, 7) is 0. The van der Waals surface area contributed by atoms with Gasteiger partial charge in [0, 0.05) is 11.3 Å². The van der Waals surface area contributed by atoms with E-state index in [1.165, 1.54) is 23.5 Å². The van der Waals surface area contributed by atoms with E-state index < -0.39 is 11.8 Å². The lowest BCUT2D eigenvalue weighted by Gasteiger charge is -2.04. The lowest BCUT2D eigenvalue weighted by Crippen LogP contribution is -2.07. The molecule has 0 spiro atoms. The van der Waals surface area contributed by atoms with Crippen LogP contribution in [0.25, 0.3) is 20.7 Å². The van der Waals surface area contributed by atoms with Crippen molar-refractivity contribution in [3.05, 3.63) is 74.8 Å². The van der Waals surface area contributed by atoms with Crippen LogP contribution >= 0.6 is 34.3 Å². The first-order chi connectivity index (χ1) is 13.4. The molecule has 0 fully saturated rings. The van der Waals surface area contributed by atoms with E-state index in [0.717, 1.165) is 21.6 Å². The standard InChI is InChI=1S/C20H11ClFNO3S2/c21-12-6-5-10(7-13(12)22)18-17(20(25)26)11(9-27-18)8-15(24)19-23-14-3-1-2-4-16(14)28-19/h1-7,9H,8H2,(H,25,26). The SMILES string of the molecule is O=C(Cc1csc(-c2ccc(Cl)c(F)c2)c1C(=O)O)c1nc2ccccc2s1. The van der Waals surface area contributed by atoms with Crippen molar-refractivity contribution in [2.45, 2.75) is 6.42 Å². The van der Waals surface area contributed by atoms with E-state index in [2.05, 4.69) is 4.98 Å². The van der Waals surface area contributed by atoms with Crippen LogP contribution in [0.1, 0.15) is 25.7 Å². The fourth-order valence-corrected chi connectivity index (χ4v) is 4.93. The second-order valence-corrected chi connectivity index (χ2v) is 8.30. The summed E-state index contributed by atoms with van der Waals surface area (Å²) in [7, 11) is 0. The minimum atomic E-state index is -1.17. The molecule has 4 aromatic rings. The molecule has 0 radical (unpaired) electrons. The lowest BCUT2D eigenvalue weighted by molar-refractivity contribution is 0.0697. The third-order valence-electron chi connectivity index (χ3n) is 4.15. The van der Waals surface area contributed by atoms with Gasteiger partial charge in [0.2, 0.25) is 0 Å². The quantitative estimate of drug-likeness (QED) is 0.397. The molecule has 140 valence electrons. The van der Waals surface area contributed by atoms with E-state index in [4.69, 9.17) is 11.6 Å². The Bertz CT molecular complexity index is 1200. The molecule has 1 N–H and O–H groups in total. The van der Waals surface area contributed by atoms with Gasteiger partial charge in [-0.15, -0.1) is 22.7 Å². The van der Waals surface area contributed by atoms with Gasteiger partial charge in [-0.2, -0.15) is 0 Å². The van der Waals surface area contributed by atoms with Gasteiger partial charge in [0.05, 0.1) is 20.8 Å². The second kappa shape index (κ2) is 7.43. The zero-order valence-electron chi connectivity index (χ0n) is 14.1. The molecule has 0 amide bonds. The molecule has 0 aliphatic rings. The maximum Gasteiger partial charge on any atom is 0.337 e. The number of carbonyl (C=O) groups is 2. The summed E-state index contributed by atoms with van der Waals surface area (Å²) in [5.41, 5.74) is 1.52. The minimum absolute atomic E-state index is 0.00110. The van der Waals surface area contributed by atoms with Crippen molar-refractivity contribution in [3.63, 3.8) is 0 Å². The highest BCUT2D eigenvalue weighted by molar-refractivity contribution is 7.20. The molecule has 4 rings (SSSR count). The first-order valence-corrected chi connectivity index (χ1v) is 10.2. The number of hydrogen-bond acceptors (Lipinski definition) is 5. The molecule has 28 heavy (non-hydrogen) atoms. The van der Waals surface area contributed by atoms with E-state index in [9.17, 15) is 19.1 Å². The van der Waals surface area contributed by atoms with E-state index in [0.29, 0.717) is 21.0 Å². The molecule has 2 aromatic heterocycles. The number of para-hydroxylation sites is 1. The number of hydrogen-bond donors (Lipinski definition) is 1. The lowest BCUT2D eigenvalue weighted by atomic mass is 10.0. The molecule has 2 aromatic carbocycles. The number of halogens is 2. The van der Waals surface area contributed by atoms with Crippen molar-refractivity contribution in [3.8, 4) is 10.4 Å². The zero-order valence-corrected chi connectivity index (χ0v) is 16.5. The number of benzene rings is 2. The normalized spacial score (nSPS) is 11.1. The van der Waals surface area contributed by atoms with Crippen LogP contribution in [-0.4, -0.2) is 21.8 Å². The molecule has 0 saturated heterocycles. The number of aromatic carboxylic acids is 1. The van der Waals surface area contributed by atoms with Gasteiger partial charge in [0.1, 0.15) is 5.82 Å². The van der Waals surface area contributed by atoms with Crippen LogP contribution < -0.4 is 0 Å². The maximum atomic E-state index is 13.8. The Balaban J connectivity index is 1.69. The van der Waals surface area contributed by atoms with Crippen molar-refractivity contribution in [2.75, 3.05) is 0 Å². The largest absolute Gasteiger partial charge is 0.478 e. The number of rotatable bonds is 5. The highest BCUT2D eigenvalue weighted by atomic mass is 35.5. The summed E-state index contributed by atoms with van der Waals surface area (Å²) in [4.78, 5) is 29.3. The number of aromatic nitrogens is 1. The molecule has 0 unspecified atom stereocenters. The Morgan fingerprint density at radius 3 is 2.68 bits per heavy atom. The second-order valence-electron chi connectivity index (χ2n) is 5.99. The van der Waals surface area contributed by atoms with Crippen LogP contribution in [0.2, 0.25) is 5.02 Å². The van der Waals surface area contributed by atoms with Gasteiger partial charge in [0.15, 0.2) is 10.8 Å². The van der Waals surface area contributed by atoms with Crippen molar-refractivity contribution in [2.24, 2.45) is 0 Å². The molecule has 0 bridgehead atoms. The summed E-state index contributed by atoms with van der Waals surface area (Å²) in [5.74, 6) is -2.05. The smallest absolute Gasteiger partial charge is 0.337 e. The van der Waals surface area contributed by atoms with E-state index >= 15 is 0 Å². The van der Waals surface area contributed by atoms with Crippen molar-refractivity contribution >= 4 is 56.2 Å². The predicted molar refractivity (Wildman–Crippen MR) is 109 cm³/mol. The van der Waals surface area contributed by atoms with Crippen molar-refractivity contribution < 1.29 is 19.1 Å². The number of thiazole rings is 1. The van der Waals surface area contributed by atoms with Crippen molar-refractivity contribution in [1.29, 1.82) is 0 Å². The Kier molecular flexibility index (Phi) is 4.97. The molecule has 0 aliphatic heterocycles. The van der Waals surface area contributed by atoms with Crippen LogP contribution in [0.15, 0.2) is 47.8 Å². The number of carboxylic acid groups (broad SMARTS) is 1. The van der Waals surface area contributed by atoms with Crippen molar-refractivity contribution in [1.82, 2.24) is 4.98 Å². The predicted octanol–water partition coefficient (Wildman–Crippen LogP) is 5.94. The Morgan fingerprint density at radius 1 is 1.18 bits per heavy atom. The molecule has 0 atom stereocenters. The van der Waals surface area contributed by atoms with Crippen LogP contribution in [0, 0.1) is 5.82 Å². The monoisotopic (exact) mass is 431 g/mol. The van der Waals surface area contributed by atoms with Gasteiger partial charge in [-0.3, -0.25) is 4.79 Å². The summed E-state index contributed by atoms with van der Waals surface area (Å²) < 4.78 is 14.7. The number of thiophene rings is 1. The van der Waals surface area contributed by atoms with Gasteiger partial charge in [-0.05, 0) is 40.8 Å². The van der Waals surface area contributed by atoms with E-state index in [-0.39, 0.29) is 22.8 Å². The topological polar surface area (TPSA) is 67.3 Å². The van der Waals surface area contributed by atoms with Gasteiger partial charge in [0.25, 0.3) is 0 Å². The summed E-state index contributed by atoms with van der Waals surface area (Å²) in [5, 5.41) is 11.6. The summed E-state index contributed by atoms with van der Waals surface area (Å²) >= 11 is 8.14. The molecule has 0 aliphatic carbocycles. The van der Waals surface area contributed by atoms with Gasteiger partial charge >= 0.3 is 5.97 Å². The molecule has 0 saturated carbocycles. The molecule has 4 nitrogen and oxygen atoms in total. The Hall–Kier alpha value is -2.61. The van der Waals surface area contributed by atoms with E-state index in [1.54, 1.807) is 11.4 Å². The minimum Gasteiger partial charge on any atom is -0.478 e. The van der Waals surface area contributed by atoms with Gasteiger partial charge in [-0.1, -0.05) is 29.8 Å². The van der Waals surface area contributed by atoms with Gasteiger partial charge < -0.3 is 5.11 Å². The number of nitrogens with zero attached hydrogens (tertiary/aromatic N) is 1. The zero-order chi connectivity index (χ0) is 19.8. The van der Waals surface area contributed by atoms with Crippen LogP contribution in [0.5, 0.6) is 0 Å². The fourth-order valence-electron chi connectivity index (χ4n) is 2.85. The highest BCUT2D eigenvalue weighted by Crippen LogP contribution is 2.35. The van der Waals surface area contributed by atoms with Crippen LogP contribution in [0.3, 0.4) is 0 Å². The average molecular weight is 432 g/mol. The summed E-state index contributed by atoms with van der Waals surface area (Å²) in [6, 6.07) is 11.5.